The fraction of sp³-hybridized carbons (Fsp3) is 0.968. The van der Waals surface area contributed by atoms with Crippen LogP contribution in [0.1, 0.15) is 251 Å². The highest BCUT2D eigenvalue weighted by Crippen LogP contribution is 2.70. The van der Waals surface area contributed by atoms with Crippen molar-refractivity contribution in [2.75, 3.05) is 0 Å². The van der Waals surface area contributed by atoms with Crippen molar-refractivity contribution in [3.63, 3.8) is 0 Å². The number of fused-ring (bicyclic) bond motifs is 7. The van der Waals surface area contributed by atoms with Gasteiger partial charge in [0.25, 0.3) is 0 Å². The Bertz CT molecular complexity index is 1460. The van der Waals surface area contributed by atoms with Crippen molar-refractivity contribution in [3.05, 3.63) is 11.6 Å². The van der Waals surface area contributed by atoms with Crippen molar-refractivity contribution in [1.29, 1.82) is 0 Å². The van der Waals surface area contributed by atoms with Crippen molar-refractivity contribution in [2.45, 2.75) is 251 Å². The molecule has 63 heavy (non-hydrogen) atoms. The van der Waals surface area contributed by atoms with Crippen LogP contribution in [0.4, 0.5) is 0 Å². The molecule has 0 heteroatoms. The maximum Gasteiger partial charge on any atom is -0.0200 e. The predicted molar refractivity (Wildman–Crippen MR) is 266 cm³/mol. The maximum absolute atomic E-state index is 3.04. The molecular weight excluding hydrogens is 757 g/mol. The van der Waals surface area contributed by atoms with Crippen molar-refractivity contribution in [1.82, 2.24) is 0 Å². The second-order valence-corrected chi connectivity index (χ2v) is 28.0. The van der Waals surface area contributed by atoms with Crippen molar-refractivity contribution in [3.8, 4) is 0 Å². The summed E-state index contributed by atoms with van der Waals surface area (Å²) in [4.78, 5) is 0. The molecule has 0 spiro atoms. The van der Waals surface area contributed by atoms with Gasteiger partial charge < -0.3 is 0 Å². The van der Waals surface area contributed by atoms with Gasteiger partial charge in [0.05, 0.1) is 0 Å². The standard InChI is InChI=1S/C63H102/c1-63(2)57-32-18-17-23-46(57)47-38-37-45(40-58(47)63)60-50-26-11-15-30-54(50)62(55-31-16-12-27-51(55)60)61-52-28-13-9-24-48(52)59(49-25-10-14-29-53(49)61)44-35-33-41(34-36-44)39-56(42-19-5-3-6-20-42)43-21-7-4-8-22-43/h39,41-55,57-62H,3-38,40H2,1-2H3. The molecule has 0 radical (unpaired) electrons. The third-order valence-corrected chi connectivity index (χ3v) is 25.6. The average molecular weight is 860 g/mol. The molecule has 0 N–H and O–H groups in total. The minimum Gasteiger partial charge on any atom is -0.0817 e. The van der Waals surface area contributed by atoms with Gasteiger partial charge in [-0.15, -0.1) is 0 Å². The Hall–Kier alpha value is -0.260. The van der Waals surface area contributed by atoms with Gasteiger partial charge in [-0.05, 0) is 265 Å². The lowest BCUT2D eigenvalue weighted by Crippen LogP contribution is -2.60. The topological polar surface area (TPSA) is 0 Å². The first-order chi connectivity index (χ1) is 31.0. The molecule has 354 valence electrons. The van der Waals surface area contributed by atoms with E-state index in [1.54, 1.807) is 167 Å². The van der Waals surface area contributed by atoms with Crippen LogP contribution in [0, 0.1) is 130 Å². The van der Waals surface area contributed by atoms with Crippen LogP contribution in [0.3, 0.4) is 0 Å². The van der Waals surface area contributed by atoms with Crippen molar-refractivity contribution >= 4 is 0 Å². The SMILES string of the molecule is CC1(C)C2CCCCC2C2CCC(C3C4CCCCC4C(C4C5CCCCC5C(C5CCC(C=C(C6CCCCC6)C6CCCCC6)CC5)C5CCCCC54)C4CCCCC43)CC21. The summed E-state index contributed by atoms with van der Waals surface area (Å²) in [6.07, 6.45) is 61.6. The molecule has 12 rings (SSSR count). The fourth-order valence-electron chi connectivity index (χ4n) is 23.6. The molecule has 0 aromatic rings. The molecule has 0 heterocycles. The molecule has 0 bridgehead atoms. The van der Waals surface area contributed by atoms with Gasteiger partial charge in [0.15, 0.2) is 0 Å². The van der Waals surface area contributed by atoms with Crippen LogP contribution in [0.25, 0.3) is 0 Å². The number of rotatable bonds is 6. The lowest BCUT2D eigenvalue weighted by atomic mass is 9.39. The lowest BCUT2D eigenvalue weighted by Gasteiger charge is -2.66. The first-order valence-electron chi connectivity index (χ1n) is 30.8. The summed E-state index contributed by atoms with van der Waals surface area (Å²) in [7, 11) is 0. The third-order valence-electron chi connectivity index (χ3n) is 25.6. The van der Waals surface area contributed by atoms with E-state index in [4.69, 9.17) is 0 Å². The smallest absolute Gasteiger partial charge is 0.0200 e. The van der Waals surface area contributed by atoms with Crippen LogP contribution in [-0.2, 0) is 0 Å². The highest BCUT2D eigenvalue weighted by molar-refractivity contribution is 5.16. The first-order valence-corrected chi connectivity index (χ1v) is 30.8. The molecule has 12 aliphatic rings. The minimum absolute atomic E-state index is 0.608. The second kappa shape index (κ2) is 18.9. The van der Waals surface area contributed by atoms with Gasteiger partial charge in [-0.25, -0.2) is 0 Å². The molecule has 12 aliphatic carbocycles. The summed E-state index contributed by atoms with van der Waals surface area (Å²) in [6.45, 7) is 5.61. The molecule has 0 aromatic carbocycles. The van der Waals surface area contributed by atoms with Gasteiger partial charge in [0.1, 0.15) is 0 Å². The highest BCUT2D eigenvalue weighted by atomic mass is 14.7. The Balaban J connectivity index is 0.811. The van der Waals surface area contributed by atoms with Gasteiger partial charge in [-0.2, -0.15) is 0 Å². The van der Waals surface area contributed by atoms with Gasteiger partial charge in [-0.1, -0.05) is 128 Å². The van der Waals surface area contributed by atoms with E-state index < -0.39 is 0 Å². The molecule has 12 saturated carbocycles. The van der Waals surface area contributed by atoms with Crippen LogP contribution in [0.2, 0.25) is 0 Å². The summed E-state index contributed by atoms with van der Waals surface area (Å²) in [5.74, 6) is 22.6. The summed E-state index contributed by atoms with van der Waals surface area (Å²) in [5.41, 5.74) is 2.64. The van der Waals surface area contributed by atoms with Crippen LogP contribution in [0.15, 0.2) is 11.6 Å². The number of hydrogen-bond donors (Lipinski definition) is 0. The Morgan fingerprint density at radius 2 is 0.651 bits per heavy atom. The second-order valence-electron chi connectivity index (χ2n) is 28.0. The number of hydrogen-bond acceptors (Lipinski definition) is 0. The zero-order chi connectivity index (χ0) is 42.1. The highest BCUT2D eigenvalue weighted by Gasteiger charge is 2.63. The summed E-state index contributed by atoms with van der Waals surface area (Å²) >= 11 is 0. The van der Waals surface area contributed by atoms with Crippen LogP contribution in [0.5, 0.6) is 0 Å². The van der Waals surface area contributed by atoms with E-state index in [1.165, 1.54) is 70.6 Å². The molecule has 0 saturated heterocycles. The molecule has 12 fully saturated rings. The molecule has 13 unspecified atom stereocenters. The number of allylic oxidation sites excluding steroid dienone is 2. The molecule has 0 aromatic heterocycles. The van der Waals surface area contributed by atoms with E-state index in [1.807, 2.05) is 5.57 Å². The van der Waals surface area contributed by atoms with E-state index in [9.17, 15) is 0 Å². The van der Waals surface area contributed by atoms with E-state index in [0.29, 0.717) is 5.41 Å². The monoisotopic (exact) mass is 859 g/mol. The largest absolute Gasteiger partial charge is 0.0817 e. The summed E-state index contributed by atoms with van der Waals surface area (Å²) in [6, 6.07) is 0. The zero-order valence-electron chi connectivity index (χ0n) is 41.9. The summed E-state index contributed by atoms with van der Waals surface area (Å²) in [5, 5.41) is 0. The Morgan fingerprint density at radius 3 is 1.11 bits per heavy atom. The predicted octanol–water partition coefficient (Wildman–Crippen LogP) is 18.5. The van der Waals surface area contributed by atoms with E-state index in [-0.39, 0.29) is 0 Å². The fourth-order valence-corrected chi connectivity index (χ4v) is 23.6. The Morgan fingerprint density at radius 1 is 0.302 bits per heavy atom. The van der Waals surface area contributed by atoms with Gasteiger partial charge >= 0.3 is 0 Å². The lowest BCUT2D eigenvalue weighted by molar-refractivity contribution is -0.175. The van der Waals surface area contributed by atoms with Crippen LogP contribution >= 0.6 is 0 Å². The zero-order valence-corrected chi connectivity index (χ0v) is 41.9. The van der Waals surface area contributed by atoms with E-state index in [0.717, 1.165) is 124 Å². The Labute approximate surface area is 391 Å². The molecule has 0 amide bonds. The Kier molecular flexibility index (Phi) is 13.2. The minimum atomic E-state index is 0.608. The van der Waals surface area contributed by atoms with Gasteiger partial charge in [0, 0.05) is 0 Å². The molecule has 0 aliphatic heterocycles. The van der Waals surface area contributed by atoms with Crippen molar-refractivity contribution < 1.29 is 0 Å². The maximum atomic E-state index is 3.04. The van der Waals surface area contributed by atoms with E-state index >= 15 is 0 Å². The molecular formula is C63H102. The van der Waals surface area contributed by atoms with Crippen molar-refractivity contribution in [2.24, 2.45) is 130 Å². The van der Waals surface area contributed by atoms with Crippen LogP contribution < -0.4 is 0 Å². The summed E-state index contributed by atoms with van der Waals surface area (Å²) < 4.78 is 0. The third kappa shape index (κ3) is 8.02. The first kappa shape index (κ1) is 44.0. The van der Waals surface area contributed by atoms with E-state index in [2.05, 4.69) is 19.9 Å². The van der Waals surface area contributed by atoms with Gasteiger partial charge in [-0.3, -0.25) is 0 Å². The molecule has 0 nitrogen and oxygen atoms in total. The molecule has 13 atom stereocenters. The van der Waals surface area contributed by atoms with Crippen LogP contribution in [-0.4, -0.2) is 0 Å². The quantitative estimate of drug-likeness (QED) is 0.234. The normalized spacial score (nSPS) is 50.4. The van der Waals surface area contributed by atoms with Gasteiger partial charge in [0.2, 0.25) is 0 Å². The average Bonchev–Trinajstić information content (AvgIpc) is 3.57.